The Labute approximate surface area is 108 Å². The third kappa shape index (κ3) is 2.10. The fourth-order valence-corrected chi connectivity index (χ4v) is 3.60. The maximum absolute atomic E-state index is 6.15. The summed E-state index contributed by atoms with van der Waals surface area (Å²) in [6.07, 6.45) is 9.54. The van der Waals surface area contributed by atoms with Crippen molar-refractivity contribution in [2.75, 3.05) is 13.2 Å². The molecule has 2 saturated carbocycles. The van der Waals surface area contributed by atoms with Gasteiger partial charge in [0.25, 0.3) is 0 Å². The summed E-state index contributed by atoms with van der Waals surface area (Å²) < 4.78 is 11.3. The molecule has 1 saturated heterocycles. The van der Waals surface area contributed by atoms with E-state index >= 15 is 0 Å². The Morgan fingerprint density at radius 2 is 2.28 bits per heavy atom. The lowest BCUT2D eigenvalue weighted by atomic mass is 10.1. The molecular formula is C15H21NO2. The summed E-state index contributed by atoms with van der Waals surface area (Å²) in [6, 6.07) is 2.73. The Kier molecular flexibility index (Phi) is 2.70. The molecule has 3 nitrogen and oxygen atoms in total. The Morgan fingerprint density at radius 1 is 1.33 bits per heavy atom. The highest BCUT2D eigenvalue weighted by atomic mass is 16.5. The van der Waals surface area contributed by atoms with Crippen LogP contribution in [0.3, 0.4) is 0 Å². The maximum Gasteiger partial charge on any atom is 0.0947 e. The van der Waals surface area contributed by atoms with Gasteiger partial charge in [-0.05, 0) is 43.6 Å². The van der Waals surface area contributed by atoms with E-state index in [2.05, 4.69) is 11.0 Å². The molecule has 2 heterocycles. The van der Waals surface area contributed by atoms with Gasteiger partial charge in [0, 0.05) is 31.3 Å². The van der Waals surface area contributed by atoms with Crippen molar-refractivity contribution in [3.8, 4) is 0 Å². The quantitative estimate of drug-likeness (QED) is 0.800. The maximum atomic E-state index is 6.15. The van der Waals surface area contributed by atoms with Gasteiger partial charge in [0.2, 0.25) is 0 Å². The second kappa shape index (κ2) is 4.39. The fourth-order valence-electron chi connectivity index (χ4n) is 3.60. The molecule has 0 N–H and O–H groups in total. The lowest BCUT2D eigenvalue weighted by Gasteiger charge is -2.32. The van der Waals surface area contributed by atoms with Crippen LogP contribution in [0.15, 0.2) is 23.0 Å². The second-order valence-corrected chi connectivity index (χ2v) is 6.28. The van der Waals surface area contributed by atoms with Crippen LogP contribution in [0.25, 0.3) is 0 Å². The van der Waals surface area contributed by atoms with E-state index < -0.39 is 0 Å². The van der Waals surface area contributed by atoms with E-state index in [1.807, 2.05) is 6.26 Å². The van der Waals surface area contributed by atoms with Crippen LogP contribution in [0.5, 0.6) is 0 Å². The average molecular weight is 247 g/mol. The van der Waals surface area contributed by atoms with Gasteiger partial charge in [-0.2, -0.15) is 0 Å². The number of hydrogen-bond acceptors (Lipinski definition) is 3. The van der Waals surface area contributed by atoms with Crippen molar-refractivity contribution in [1.82, 2.24) is 4.90 Å². The molecule has 2 bridgehead atoms. The van der Waals surface area contributed by atoms with Crippen molar-refractivity contribution < 1.29 is 9.15 Å². The van der Waals surface area contributed by atoms with E-state index in [4.69, 9.17) is 9.15 Å². The highest BCUT2D eigenvalue weighted by Gasteiger charge is 2.45. The molecule has 0 radical (unpaired) electrons. The van der Waals surface area contributed by atoms with Crippen molar-refractivity contribution in [3.05, 3.63) is 24.2 Å². The monoisotopic (exact) mass is 247 g/mol. The number of hydrogen-bond donors (Lipinski definition) is 0. The van der Waals surface area contributed by atoms with Crippen LogP contribution in [0.2, 0.25) is 0 Å². The van der Waals surface area contributed by atoms with Crippen LogP contribution in [0, 0.1) is 11.8 Å². The zero-order valence-electron chi connectivity index (χ0n) is 10.8. The topological polar surface area (TPSA) is 25.6 Å². The fraction of sp³-hybridized carbons (Fsp3) is 0.733. The third-order valence-electron chi connectivity index (χ3n) is 4.74. The molecule has 2 aliphatic carbocycles. The molecule has 0 spiro atoms. The number of fused-ring (bicyclic) bond motifs is 2. The number of likely N-dealkylation sites (tertiary alicyclic amines) is 1. The van der Waals surface area contributed by atoms with Crippen LogP contribution in [0.4, 0.5) is 0 Å². The van der Waals surface area contributed by atoms with Crippen LogP contribution in [0.1, 0.15) is 31.2 Å². The van der Waals surface area contributed by atoms with E-state index in [1.165, 1.54) is 37.8 Å². The Balaban J connectivity index is 1.37. The smallest absolute Gasteiger partial charge is 0.0947 e. The van der Waals surface area contributed by atoms with Crippen molar-refractivity contribution in [3.63, 3.8) is 0 Å². The molecule has 98 valence electrons. The lowest BCUT2D eigenvalue weighted by Crippen LogP contribution is -2.42. The lowest BCUT2D eigenvalue weighted by molar-refractivity contribution is -0.0174. The molecule has 0 amide bonds. The summed E-state index contributed by atoms with van der Waals surface area (Å²) in [5.74, 6) is 1.75. The summed E-state index contributed by atoms with van der Waals surface area (Å²) in [7, 11) is 0. The second-order valence-electron chi connectivity index (χ2n) is 6.28. The predicted molar refractivity (Wildman–Crippen MR) is 68.1 cm³/mol. The van der Waals surface area contributed by atoms with E-state index in [0.29, 0.717) is 12.1 Å². The highest BCUT2D eigenvalue weighted by molar-refractivity contribution is 5.08. The van der Waals surface area contributed by atoms with Crippen molar-refractivity contribution in [2.45, 2.75) is 44.4 Å². The first kappa shape index (κ1) is 11.1. The number of furan rings is 1. The van der Waals surface area contributed by atoms with Gasteiger partial charge in [-0.3, -0.25) is 4.90 Å². The molecular weight excluding hydrogens is 226 g/mol. The van der Waals surface area contributed by atoms with E-state index in [0.717, 1.165) is 25.0 Å². The minimum absolute atomic E-state index is 0.497. The summed E-state index contributed by atoms with van der Waals surface area (Å²) in [4.78, 5) is 2.59. The zero-order valence-corrected chi connectivity index (χ0v) is 10.8. The number of ether oxygens (including phenoxy) is 1. The zero-order chi connectivity index (χ0) is 11.9. The van der Waals surface area contributed by atoms with Gasteiger partial charge in [0.15, 0.2) is 0 Å². The summed E-state index contributed by atoms with van der Waals surface area (Å²) in [5, 5.41) is 0. The third-order valence-corrected chi connectivity index (χ3v) is 4.74. The van der Waals surface area contributed by atoms with Gasteiger partial charge in [0.1, 0.15) is 0 Å². The molecule has 1 aliphatic heterocycles. The van der Waals surface area contributed by atoms with Gasteiger partial charge in [-0.1, -0.05) is 0 Å². The average Bonchev–Trinajstić information content (AvgIpc) is 2.79. The van der Waals surface area contributed by atoms with Gasteiger partial charge >= 0.3 is 0 Å². The van der Waals surface area contributed by atoms with Crippen LogP contribution < -0.4 is 0 Å². The van der Waals surface area contributed by atoms with Crippen LogP contribution in [-0.4, -0.2) is 30.2 Å². The first-order chi connectivity index (χ1) is 8.88. The van der Waals surface area contributed by atoms with Crippen molar-refractivity contribution in [2.24, 2.45) is 11.8 Å². The van der Waals surface area contributed by atoms with Crippen molar-refractivity contribution >= 4 is 0 Å². The number of rotatable bonds is 5. The molecule has 1 aromatic heterocycles. The molecule has 0 unspecified atom stereocenters. The Morgan fingerprint density at radius 3 is 3.00 bits per heavy atom. The van der Waals surface area contributed by atoms with Gasteiger partial charge < -0.3 is 9.15 Å². The molecule has 3 heteroatoms. The van der Waals surface area contributed by atoms with E-state index in [9.17, 15) is 0 Å². The summed E-state index contributed by atoms with van der Waals surface area (Å²) in [5.41, 5.74) is 1.29. The molecule has 18 heavy (non-hydrogen) atoms. The number of nitrogens with zero attached hydrogens (tertiary/aromatic N) is 1. The standard InChI is InChI=1S/C15H21NO2/c1-2-11(1)10-18-15-6-13-5-14(15)16(8-13)7-12-3-4-17-9-12/h3-4,9,11,13-15H,1-2,5-8,10H2/t13-,14-,15-/m1/s1. The van der Waals surface area contributed by atoms with Gasteiger partial charge in [0.05, 0.1) is 18.6 Å². The Bertz CT molecular complexity index is 399. The molecule has 0 aromatic carbocycles. The minimum atomic E-state index is 0.497. The van der Waals surface area contributed by atoms with Gasteiger partial charge in [-0.15, -0.1) is 0 Å². The van der Waals surface area contributed by atoms with Crippen molar-refractivity contribution in [1.29, 1.82) is 0 Å². The molecule has 3 aliphatic rings. The van der Waals surface area contributed by atoms with Crippen LogP contribution in [-0.2, 0) is 11.3 Å². The highest BCUT2D eigenvalue weighted by Crippen LogP contribution is 2.41. The first-order valence-electron chi connectivity index (χ1n) is 7.25. The van der Waals surface area contributed by atoms with E-state index in [1.54, 1.807) is 6.26 Å². The van der Waals surface area contributed by atoms with Gasteiger partial charge in [-0.25, -0.2) is 0 Å². The SMILES string of the molecule is c1cc(CN2C[C@@H]3C[C@@H]2[C@H](OCC2CC2)C3)co1. The molecule has 4 rings (SSSR count). The molecule has 3 atom stereocenters. The molecule has 1 aromatic rings. The summed E-state index contributed by atoms with van der Waals surface area (Å²) >= 11 is 0. The predicted octanol–water partition coefficient (Wildman–Crippen LogP) is 2.67. The normalized spacial score (nSPS) is 35.4. The molecule has 3 fully saturated rings. The van der Waals surface area contributed by atoms with E-state index in [-0.39, 0.29) is 0 Å². The van der Waals surface area contributed by atoms with Crippen LogP contribution >= 0.6 is 0 Å². The minimum Gasteiger partial charge on any atom is -0.472 e. The largest absolute Gasteiger partial charge is 0.472 e. The first-order valence-corrected chi connectivity index (χ1v) is 7.25. The Hall–Kier alpha value is -0.800. The summed E-state index contributed by atoms with van der Waals surface area (Å²) in [6.45, 7) is 3.29. The number of piperidine rings is 1.